The van der Waals surface area contributed by atoms with Gasteiger partial charge >= 0.3 is 0 Å². The van der Waals surface area contributed by atoms with Crippen LogP contribution in [0.2, 0.25) is 0 Å². The third kappa shape index (κ3) is 1.09. The van der Waals surface area contributed by atoms with E-state index in [1.807, 2.05) is 0 Å². The minimum atomic E-state index is 0.180. The first kappa shape index (κ1) is 7.50. The van der Waals surface area contributed by atoms with E-state index >= 15 is 0 Å². The van der Waals surface area contributed by atoms with Gasteiger partial charge in [-0.3, -0.25) is 0 Å². The molecule has 1 atom stereocenters. The smallest absolute Gasteiger partial charge is 0.0875 e. The van der Waals surface area contributed by atoms with Gasteiger partial charge in [0, 0.05) is 6.04 Å². The lowest BCUT2D eigenvalue weighted by molar-refractivity contribution is 0.500. The first-order chi connectivity index (χ1) is 6.36. The summed E-state index contributed by atoms with van der Waals surface area (Å²) in [6.07, 6.45) is 5.82. The standard InChI is InChI=1S/C9H14N4/c10-7-2-1-3-8-9(7)13(12-11-8)6-4-5-6/h6-7H,1-5,10H2. The van der Waals surface area contributed by atoms with Crippen molar-refractivity contribution in [1.82, 2.24) is 15.0 Å². The summed E-state index contributed by atoms with van der Waals surface area (Å²) in [5.41, 5.74) is 8.42. The molecule has 0 aliphatic heterocycles. The van der Waals surface area contributed by atoms with Crippen molar-refractivity contribution >= 4 is 0 Å². The number of rotatable bonds is 1. The Kier molecular flexibility index (Phi) is 1.47. The van der Waals surface area contributed by atoms with Crippen molar-refractivity contribution in [3.8, 4) is 0 Å². The quantitative estimate of drug-likeness (QED) is 0.696. The van der Waals surface area contributed by atoms with E-state index in [4.69, 9.17) is 5.73 Å². The van der Waals surface area contributed by atoms with Crippen molar-refractivity contribution < 1.29 is 0 Å². The molecule has 4 heteroatoms. The average molecular weight is 178 g/mol. The molecular formula is C9H14N4. The van der Waals surface area contributed by atoms with Crippen LogP contribution in [0.25, 0.3) is 0 Å². The maximum absolute atomic E-state index is 6.06. The number of aromatic nitrogens is 3. The zero-order valence-corrected chi connectivity index (χ0v) is 7.61. The molecule has 0 radical (unpaired) electrons. The highest BCUT2D eigenvalue weighted by Gasteiger charge is 2.32. The summed E-state index contributed by atoms with van der Waals surface area (Å²) in [5, 5.41) is 8.40. The van der Waals surface area contributed by atoms with Gasteiger partial charge in [0.15, 0.2) is 0 Å². The maximum atomic E-state index is 6.06. The highest BCUT2D eigenvalue weighted by molar-refractivity contribution is 5.19. The largest absolute Gasteiger partial charge is 0.323 e. The number of fused-ring (bicyclic) bond motifs is 1. The Balaban J connectivity index is 2.06. The van der Waals surface area contributed by atoms with Gasteiger partial charge in [-0.15, -0.1) is 5.10 Å². The molecule has 0 spiro atoms. The van der Waals surface area contributed by atoms with Crippen molar-refractivity contribution in [2.45, 2.75) is 44.2 Å². The van der Waals surface area contributed by atoms with Crippen molar-refractivity contribution in [2.24, 2.45) is 5.73 Å². The van der Waals surface area contributed by atoms with E-state index in [9.17, 15) is 0 Å². The van der Waals surface area contributed by atoms with Gasteiger partial charge in [-0.2, -0.15) is 0 Å². The van der Waals surface area contributed by atoms with E-state index in [1.54, 1.807) is 0 Å². The topological polar surface area (TPSA) is 56.7 Å². The molecule has 4 nitrogen and oxygen atoms in total. The Morgan fingerprint density at radius 1 is 1.31 bits per heavy atom. The molecule has 3 rings (SSSR count). The van der Waals surface area contributed by atoms with E-state index in [0.29, 0.717) is 6.04 Å². The van der Waals surface area contributed by atoms with E-state index in [-0.39, 0.29) is 6.04 Å². The Labute approximate surface area is 77.1 Å². The zero-order chi connectivity index (χ0) is 8.84. The molecule has 2 aliphatic rings. The van der Waals surface area contributed by atoms with Crippen LogP contribution in [0.1, 0.15) is 49.2 Å². The van der Waals surface area contributed by atoms with Gasteiger partial charge in [-0.25, -0.2) is 4.68 Å². The molecule has 0 amide bonds. The maximum Gasteiger partial charge on any atom is 0.0875 e. The molecule has 1 unspecified atom stereocenters. The molecule has 2 aliphatic carbocycles. The molecule has 1 fully saturated rings. The fourth-order valence-corrected chi connectivity index (χ4v) is 2.11. The lowest BCUT2D eigenvalue weighted by Crippen LogP contribution is -2.20. The molecule has 1 saturated carbocycles. The molecule has 0 saturated heterocycles. The Morgan fingerprint density at radius 3 is 2.92 bits per heavy atom. The zero-order valence-electron chi connectivity index (χ0n) is 7.61. The molecule has 70 valence electrons. The van der Waals surface area contributed by atoms with E-state index in [1.165, 1.54) is 18.5 Å². The molecule has 0 aromatic carbocycles. The summed E-state index contributed by atoms with van der Waals surface area (Å²) in [6.45, 7) is 0. The van der Waals surface area contributed by atoms with Crippen LogP contribution in [0.3, 0.4) is 0 Å². The summed E-state index contributed by atoms with van der Waals surface area (Å²) in [5.74, 6) is 0. The highest BCUT2D eigenvalue weighted by atomic mass is 15.5. The predicted molar refractivity (Wildman–Crippen MR) is 48.2 cm³/mol. The molecule has 0 bridgehead atoms. The third-order valence-electron chi connectivity index (χ3n) is 2.98. The van der Waals surface area contributed by atoms with Gasteiger partial charge in [0.05, 0.1) is 17.4 Å². The summed E-state index contributed by atoms with van der Waals surface area (Å²) < 4.78 is 2.07. The van der Waals surface area contributed by atoms with Crippen LogP contribution < -0.4 is 5.73 Å². The van der Waals surface area contributed by atoms with Gasteiger partial charge in [0.1, 0.15) is 0 Å². The van der Waals surface area contributed by atoms with Crippen LogP contribution >= 0.6 is 0 Å². The first-order valence-electron chi connectivity index (χ1n) is 5.06. The Hall–Kier alpha value is -0.900. The second kappa shape index (κ2) is 2.54. The average Bonchev–Trinajstić information content (AvgIpc) is 2.87. The molecule has 1 aromatic heterocycles. The van der Waals surface area contributed by atoms with Crippen LogP contribution in [0.4, 0.5) is 0 Å². The molecule has 13 heavy (non-hydrogen) atoms. The SMILES string of the molecule is NC1CCCc2nnn(C3CC3)c21. The summed E-state index contributed by atoms with van der Waals surface area (Å²) in [6, 6.07) is 0.791. The van der Waals surface area contributed by atoms with E-state index < -0.39 is 0 Å². The summed E-state index contributed by atoms with van der Waals surface area (Å²) >= 11 is 0. The van der Waals surface area contributed by atoms with Crippen molar-refractivity contribution in [1.29, 1.82) is 0 Å². The van der Waals surface area contributed by atoms with Gasteiger partial charge in [-0.1, -0.05) is 5.21 Å². The van der Waals surface area contributed by atoms with Crippen LogP contribution in [0.15, 0.2) is 0 Å². The minimum Gasteiger partial charge on any atom is -0.323 e. The molecule has 2 N–H and O–H groups in total. The third-order valence-corrected chi connectivity index (χ3v) is 2.98. The van der Waals surface area contributed by atoms with Gasteiger partial charge in [0.2, 0.25) is 0 Å². The second-order valence-corrected chi connectivity index (χ2v) is 4.10. The Bertz CT molecular complexity index is 326. The minimum absolute atomic E-state index is 0.180. The number of hydrogen-bond donors (Lipinski definition) is 1. The molecule has 1 aromatic rings. The van der Waals surface area contributed by atoms with Crippen molar-refractivity contribution in [2.75, 3.05) is 0 Å². The Morgan fingerprint density at radius 2 is 2.15 bits per heavy atom. The van der Waals surface area contributed by atoms with Crippen molar-refractivity contribution in [3.63, 3.8) is 0 Å². The highest BCUT2D eigenvalue weighted by Crippen LogP contribution is 2.38. The second-order valence-electron chi connectivity index (χ2n) is 4.10. The van der Waals surface area contributed by atoms with Crippen LogP contribution in [0, 0.1) is 0 Å². The fraction of sp³-hybridized carbons (Fsp3) is 0.778. The monoisotopic (exact) mass is 178 g/mol. The lowest BCUT2D eigenvalue weighted by atomic mass is 9.97. The summed E-state index contributed by atoms with van der Waals surface area (Å²) in [7, 11) is 0. The number of nitrogens with zero attached hydrogens (tertiary/aromatic N) is 3. The normalized spacial score (nSPS) is 27.3. The molecular weight excluding hydrogens is 164 g/mol. The van der Waals surface area contributed by atoms with Crippen LogP contribution in [-0.2, 0) is 6.42 Å². The predicted octanol–water partition coefficient (Wildman–Crippen LogP) is 0.949. The molecule has 1 heterocycles. The van der Waals surface area contributed by atoms with Crippen LogP contribution in [-0.4, -0.2) is 15.0 Å². The van der Waals surface area contributed by atoms with Gasteiger partial charge in [-0.05, 0) is 32.1 Å². The number of nitrogens with two attached hydrogens (primary N) is 1. The van der Waals surface area contributed by atoms with Crippen LogP contribution in [0.5, 0.6) is 0 Å². The number of hydrogen-bond acceptors (Lipinski definition) is 3. The van der Waals surface area contributed by atoms with Crippen molar-refractivity contribution in [3.05, 3.63) is 11.4 Å². The number of aryl methyl sites for hydroxylation is 1. The lowest BCUT2D eigenvalue weighted by Gasteiger charge is -2.18. The van der Waals surface area contributed by atoms with E-state index in [2.05, 4.69) is 15.0 Å². The van der Waals surface area contributed by atoms with Gasteiger partial charge in [0.25, 0.3) is 0 Å². The van der Waals surface area contributed by atoms with E-state index in [0.717, 1.165) is 25.0 Å². The van der Waals surface area contributed by atoms with Gasteiger partial charge < -0.3 is 5.73 Å². The fourth-order valence-electron chi connectivity index (χ4n) is 2.11. The first-order valence-corrected chi connectivity index (χ1v) is 5.06. The summed E-state index contributed by atoms with van der Waals surface area (Å²) in [4.78, 5) is 0.